The Bertz CT molecular complexity index is 3370. The van der Waals surface area contributed by atoms with Gasteiger partial charge in [0, 0.05) is 27.6 Å². The van der Waals surface area contributed by atoms with E-state index in [1.807, 2.05) is 0 Å². The summed E-state index contributed by atoms with van der Waals surface area (Å²) in [6.07, 6.45) is 0. The molecule has 0 saturated heterocycles. The van der Waals surface area contributed by atoms with E-state index in [9.17, 15) is 0 Å². The lowest BCUT2D eigenvalue weighted by molar-refractivity contribution is 0.569. The molecule has 10 aromatic rings. The molecule has 0 spiro atoms. The van der Waals surface area contributed by atoms with Crippen molar-refractivity contribution >= 4 is 49.6 Å². The molecule has 10 rings (SSSR count). The summed E-state index contributed by atoms with van der Waals surface area (Å²) in [6, 6.07) is 74.7. The summed E-state index contributed by atoms with van der Waals surface area (Å²) in [4.78, 5) is 2.58. The SMILES string of the molecule is CC(C)(C)c1cc(-c2cccc3cccc(-c4ccccc4N(c4cc(C(C)(C)C)ccc4-c4ccccc4)c4cccc5c6ccccc6n(-c6ccccc6)c45)c23)cc(C(C)(C)C)c1. The Hall–Kier alpha value is -7.16. The summed E-state index contributed by atoms with van der Waals surface area (Å²) in [5, 5.41) is 4.91. The maximum Gasteiger partial charge on any atom is 0.0782 e. The molecule has 0 aliphatic carbocycles. The molecule has 0 aliphatic rings. The van der Waals surface area contributed by atoms with Crippen LogP contribution in [0.4, 0.5) is 17.1 Å². The quantitative estimate of drug-likeness (QED) is 0.155. The van der Waals surface area contributed by atoms with Crippen LogP contribution in [-0.4, -0.2) is 4.57 Å². The van der Waals surface area contributed by atoms with Crippen molar-refractivity contribution in [2.45, 2.75) is 78.6 Å². The van der Waals surface area contributed by atoms with E-state index in [0.717, 1.165) is 33.8 Å². The summed E-state index contributed by atoms with van der Waals surface area (Å²) in [7, 11) is 0. The van der Waals surface area contributed by atoms with E-state index in [-0.39, 0.29) is 16.2 Å². The van der Waals surface area contributed by atoms with Gasteiger partial charge in [-0.25, -0.2) is 0 Å². The number of hydrogen-bond acceptors (Lipinski definition) is 1. The Labute approximate surface area is 391 Å². The first-order valence-electron chi connectivity index (χ1n) is 23.5. The first-order valence-corrected chi connectivity index (χ1v) is 23.5. The Morgan fingerprint density at radius 2 is 0.894 bits per heavy atom. The van der Waals surface area contributed by atoms with Gasteiger partial charge in [0.2, 0.25) is 0 Å². The summed E-state index contributed by atoms with van der Waals surface area (Å²) < 4.78 is 2.47. The van der Waals surface area contributed by atoms with E-state index in [1.165, 1.54) is 71.6 Å². The number of fused-ring (bicyclic) bond motifs is 4. The normalized spacial score (nSPS) is 12.3. The van der Waals surface area contributed by atoms with Gasteiger partial charge in [0.1, 0.15) is 0 Å². The molecule has 0 saturated carbocycles. The molecule has 0 atom stereocenters. The van der Waals surface area contributed by atoms with Crippen molar-refractivity contribution in [1.82, 2.24) is 4.57 Å². The van der Waals surface area contributed by atoms with Gasteiger partial charge in [0.15, 0.2) is 0 Å². The van der Waals surface area contributed by atoms with Crippen LogP contribution in [0.1, 0.15) is 79.0 Å². The van der Waals surface area contributed by atoms with Gasteiger partial charge < -0.3 is 9.47 Å². The minimum atomic E-state index is -0.0991. The van der Waals surface area contributed by atoms with Crippen LogP contribution < -0.4 is 4.90 Å². The average molecular weight is 857 g/mol. The van der Waals surface area contributed by atoms with Gasteiger partial charge in [-0.2, -0.15) is 0 Å². The molecule has 0 unspecified atom stereocenters. The molecule has 2 heteroatoms. The molecule has 326 valence electrons. The third-order valence-corrected chi connectivity index (χ3v) is 13.4. The van der Waals surface area contributed by atoms with Crippen LogP contribution in [0.15, 0.2) is 200 Å². The molecular formula is C64H60N2. The van der Waals surface area contributed by atoms with Crippen LogP contribution in [0.5, 0.6) is 0 Å². The van der Waals surface area contributed by atoms with Gasteiger partial charge >= 0.3 is 0 Å². The first kappa shape index (κ1) is 42.8. The standard InChI is InChI=1S/C64H60N2/c1-62(2,3)46-37-38-50(43-23-12-10-13-24-43)59(42-46)66(58-36-22-33-55-53-30-17-18-34-56(53)65(61(55)58)49-27-14-11-15-28-49)57-35-19-16-29-52(57)54-32-21-26-44-25-20-31-51(60(44)54)45-39-47(63(4,5)6)41-48(40-45)64(7,8)9/h10-42H,1-9H3. The molecule has 0 radical (unpaired) electrons. The molecule has 9 aromatic carbocycles. The van der Waals surface area contributed by atoms with Crippen molar-refractivity contribution in [3.8, 4) is 39.1 Å². The first-order chi connectivity index (χ1) is 31.7. The van der Waals surface area contributed by atoms with Gasteiger partial charge in [-0.05, 0) is 102 Å². The monoisotopic (exact) mass is 856 g/mol. The van der Waals surface area contributed by atoms with Gasteiger partial charge in [-0.3, -0.25) is 0 Å². The zero-order valence-electron chi connectivity index (χ0n) is 39.9. The van der Waals surface area contributed by atoms with Crippen LogP contribution in [0.3, 0.4) is 0 Å². The van der Waals surface area contributed by atoms with Gasteiger partial charge in [0.25, 0.3) is 0 Å². The van der Waals surface area contributed by atoms with E-state index in [0.29, 0.717) is 0 Å². The van der Waals surface area contributed by atoms with Gasteiger partial charge in [-0.1, -0.05) is 226 Å². The average Bonchev–Trinajstić information content (AvgIpc) is 3.66. The Balaban J connectivity index is 1.34. The second-order valence-electron chi connectivity index (χ2n) is 21.1. The largest absolute Gasteiger partial charge is 0.307 e. The Kier molecular flexibility index (Phi) is 10.6. The van der Waals surface area contributed by atoms with E-state index >= 15 is 0 Å². The molecule has 0 amide bonds. The van der Waals surface area contributed by atoms with E-state index in [4.69, 9.17) is 0 Å². The van der Waals surface area contributed by atoms with Gasteiger partial charge in [0.05, 0.1) is 28.1 Å². The highest BCUT2D eigenvalue weighted by atomic mass is 15.2. The lowest BCUT2D eigenvalue weighted by Crippen LogP contribution is -2.17. The van der Waals surface area contributed by atoms with Crippen molar-refractivity contribution in [2.24, 2.45) is 0 Å². The Morgan fingerprint density at radius 3 is 1.58 bits per heavy atom. The van der Waals surface area contributed by atoms with Crippen LogP contribution >= 0.6 is 0 Å². The predicted octanol–water partition coefficient (Wildman–Crippen LogP) is 18.3. The highest BCUT2D eigenvalue weighted by Crippen LogP contribution is 2.51. The smallest absolute Gasteiger partial charge is 0.0782 e. The lowest BCUT2D eigenvalue weighted by atomic mass is 9.78. The zero-order valence-corrected chi connectivity index (χ0v) is 39.9. The minimum absolute atomic E-state index is 0.0161. The molecule has 0 aliphatic heterocycles. The van der Waals surface area contributed by atoms with Crippen LogP contribution in [0.25, 0.3) is 71.6 Å². The van der Waals surface area contributed by atoms with Crippen LogP contribution in [0.2, 0.25) is 0 Å². The third-order valence-electron chi connectivity index (χ3n) is 13.4. The van der Waals surface area contributed by atoms with E-state index in [1.54, 1.807) is 0 Å². The van der Waals surface area contributed by atoms with Crippen LogP contribution in [-0.2, 0) is 16.2 Å². The predicted molar refractivity (Wildman–Crippen MR) is 285 cm³/mol. The van der Waals surface area contributed by atoms with Gasteiger partial charge in [-0.15, -0.1) is 0 Å². The maximum absolute atomic E-state index is 2.58. The van der Waals surface area contributed by atoms with E-state index in [2.05, 4.69) is 272 Å². The second kappa shape index (κ2) is 16.4. The molecule has 1 aromatic heterocycles. The lowest BCUT2D eigenvalue weighted by Gasteiger charge is -2.33. The molecule has 0 bridgehead atoms. The van der Waals surface area contributed by atoms with Crippen molar-refractivity contribution in [2.75, 3.05) is 4.90 Å². The molecular weight excluding hydrogens is 797 g/mol. The highest BCUT2D eigenvalue weighted by molar-refractivity contribution is 6.16. The fraction of sp³-hybridized carbons (Fsp3) is 0.188. The zero-order chi connectivity index (χ0) is 46.0. The molecule has 66 heavy (non-hydrogen) atoms. The number of nitrogens with zero attached hydrogens (tertiary/aromatic N) is 2. The number of rotatable bonds is 7. The summed E-state index contributed by atoms with van der Waals surface area (Å²) >= 11 is 0. The number of anilines is 3. The van der Waals surface area contributed by atoms with Crippen LogP contribution in [0, 0.1) is 0 Å². The van der Waals surface area contributed by atoms with Crippen molar-refractivity contribution in [3.05, 3.63) is 217 Å². The number of aromatic nitrogens is 1. The maximum atomic E-state index is 2.58. The summed E-state index contributed by atoms with van der Waals surface area (Å²) in [6.45, 7) is 20.9. The topological polar surface area (TPSA) is 8.17 Å². The Morgan fingerprint density at radius 1 is 0.348 bits per heavy atom. The minimum Gasteiger partial charge on any atom is -0.307 e. The molecule has 1 heterocycles. The molecule has 0 N–H and O–H groups in total. The molecule has 2 nitrogen and oxygen atoms in total. The molecule has 0 fully saturated rings. The number of benzene rings is 9. The third kappa shape index (κ3) is 7.69. The van der Waals surface area contributed by atoms with E-state index < -0.39 is 0 Å². The fourth-order valence-corrected chi connectivity index (χ4v) is 9.81. The van der Waals surface area contributed by atoms with Crippen molar-refractivity contribution < 1.29 is 0 Å². The summed E-state index contributed by atoms with van der Waals surface area (Å²) in [5.74, 6) is 0. The number of para-hydroxylation sites is 4. The summed E-state index contributed by atoms with van der Waals surface area (Å²) in [5.41, 5.74) is 17.9. The van der Waals surface area contributed by atoms with Crippen molar-refractivity contribution in [3.63, 3.8) is 0 Å². The fourth-order valence-electron chi connectivity index (χ4n) is 9.81. The highest BCUT2D eigenvalue weighted by Gasteiger charge is 2.28. The van der Waals surface area contributed by atoms with Crippen molar-refractivity contribution in [1.29, 1.82) is 0 Å². The second-order valence-corrected chi connectivity index (χ2v) is 21.1. The number of hydrogen-bond donors (Lipinski definition) is 0.